The van der Waals surface area contributed by atoms with Crippen LogP contribution in [0, 0.1) is 5.82 Å². The zero-order chi connectivity index (χ0) is 14.7. The third-order valence-corrected chi connectivity index (χ3v) is 3.85. The minimum atomic E-state index is -0.361. The smallest absolute Gasteiger partial charge is 0.245 e. The van der Waals surface area contributed by atoms with Crippen molar-refractivity contribution in [2.45, 2.75) is 6.04 Å². The lowest BCUT2D eigenvalue weighted by molar-refractivity contribution is -0.120. The van der Waals surface area contributed by atoms with Crippen molar-refractivity contribution in [2.75, 3.05) is 25.1 Å². The van der Waals surface area contributed by atoms with Gasteiger partial charge in [-0.25, -0.2) is 9.37 Å². The molecule has 0 bridgehead atoms. The summed E-state index contributed by atoms with van der Waals surface area (Å²) in [4.78, 5) is 16.3. The first kappa shape index (κ1) is 16.8. The predicted octanol–water partition coefficient (Wildman–Crippen LogP) is 2.30. The van der Waals surface area contributed by atoms with Gasteiger partial charge in [-0.1, -0.05) is 12.1 Å². The van der Waals surface area contributed by atoms with Crippen LogP contribution < -0.4 is 10.6 Å². The Balaban J connectivity index is 0.00000176. The molecule has 5 nitrogen and oxygen atoms in total. The predicted molar refractivity (Wildman–Crippen MR) is 86.0 cm³/mol. The van der Waals surface area contributed by atoms with E-state index in [2.05, 4.69) is 15.6 Å². The second kappa shape index (κ2) is 7.64. The summed E-state index contributed by atoms with van der Waals surface area (Å²) in [6.45, 7) is 1.63. The summed E-state index contributed by atoms with van der Waals surface area (Å²) in [6.07, 6.45) is 0. The van der Waals surface area contributed by atoms with Crippen LogP contribution in [0.5, 0.6) is 0 Å². The molecule has 0 radical (unpaired) electrons. The van der Waals surface area contributed by atoms with Gasteiger partial charge >= 0.3 is 0 Å². The lowest BCUT2D eigenvalue weighted by atomic mass is 10.2. The van der Waals surface area contributed by atoms with Gasteiger partial charge in [0.05, 0.1) is 18.9 Å². The molecule has 1 unspecified atom stereocenters. The number of anilines is 1. The van der Waals surface area contributed by atoms with Gasteiger partial charge in [0.15, 0.2) is 5.13 Å². The van der Waals surface area contributed by atoms with Gasteiger partial charge in [0, 0.05) is 17.5 Å². The number of thiazole rings is 1. The maximum atomic E-state index is 13.2. The van der Waals surface area contributed by atoms with Crippen molar-refractivity contribution in [1.29, 1.82) is 0 Å². The standard InChI is InChI=1S/C14H14FN3O2S.ClH/c15-10-3-1-2-9(6-10)12-8-21-14(17-12)18-13(19)11-7-20-5-4-16-11;/h1-3,6,8,11,16H,4-5,7H2,(H,17,18,19);1H. The van der Waals surface area contributed by atoms with E-state index in [0.717, 1.165) is 0 Å². The van der Waals surface area contributed by atoms with Crippen LogP contribution in [-0.4, -0.2) is 36.7 Å². The Morgan fingerprint density at radius 3 is 3.09 bits per heavy atom. The fourth-order valence-electron chi connectivity index (χ4n) is 2.04. The Labute approximate surface area is 137 Å². The van der Waals surface area contributed by atoms with Crippen LogP contribution in [0.25, 0.3) is 11.3 Å². The topological polar surface area (TPSA) is 63.2 Å². The van der Waals surface area contributed by atoms with Gasteiger partial charge in [-0.05, 0) is 12.1 Å². The molecule has 1 aliphatic heterocycles. The second-order valence-electron chi connectivity index (χ2n) is 4.62. The number of amides is 1. The lowest BCUT2D eigenvalue weighted by Crippen LogP contribution is -2.48. The van der Waals surface area contributed by atoms with Crippen LogP contribution in [0.3, 0.4) is 0 Å². The van der Waals surface area contributed by atoms with Crippen molar-refractivity contribution >= 4 is 34.8 Å². The van der Waals surface area contributed by atoms with Crippen molar-refractivity contribution in [3.05, 3.63) is 35.5 Å². The minimum Gasteiger partial charge on any atom is -0.378 e. The summed E-state index contributed by atoms with van der Waals surface area (Å²) in [6, 6.07) is 5.84. The normalized spacial score (nSPS) is 17.6. The number of nitrogens with one attached hydrogen (secondary N) is 2. The van der Waals surface area contributed by atoms with Crippen LogP contribution in [0.4, 0.5) is 9.52 Å². The lowest BCUT2D eigenvalue weighted by Gasteiger charge is -2.22. The quantitative estimate of drug-likeness (QED) is 0.897. The molecule has 118 valence electrons. The first-order chi connectivity index (χ1) is 10.2. The Kier molecular flexibility index (Phi) is 5.84. The molecule has 2 aromatic rings. The number of aromatic nitrogens is 1. The van der Waals surface area contributed by atoms with Crippen molar-refractivity contribution in [2.24, 2.45) is 0 Å². The average molecular weight is 344 g/mol. The molecule has 1 amide bonds. The number of carbonyl (C=O) groups is 1. The number of rotatable bonds is 3. The molecule has 1 aromatic carbocycles. The highest BCUT2D eigenvalue weighted by molar-refractivity contribution is 7.14. The number of hydrogen-bond acceptors (Lipinski definition) is 5. The number of morpholine rings is 1. The van der Waals surface area contributed by atoms with E-state index < -0.39 is 0 Å². The number of ether oxygens (including phenoxy) is 1. The molecule has 1 atom stereocenters. The highest BCUT2D eigenvalue weighted by Gasteiger charge is 2.22. The maximum absolute atomic E-state index is 13.2. The second-order valence-corrected chi connectivity index (χ2v) is 5.48. The van der Waals surface area contributed by atoms with Gasteiger partial charge in [0.2, 0.25) is 5.91 Å². The van der Waals surface area contributed by atoms with E-state index >= 15 is 0 Å². The van der Waals surface area contributed by atoms with Gasteiger partial charge in [0.1, 0.15) is 11.9 Å². The third kappa shape index (κ3) is 4.01. The fraction of sp³-hybridized carbons (Fsp3) is 0.286. The highest BCUT2D eigenvalue weighted by Crippen LogP contribution is 2.25. The molecule has 0 saturated carbocycles. The van der Waals surface area contributed by atoms with E-state index in [0.29, 0.717) is 36.1 Å². The Morgan fingerprint density at radius 1 is 1.50 bits per heavy atom. The number of hydrogen-bond donors (Lipinski definition) is 2. The molecule has 0 spiro atoms. The SMILES string of the molecule is Cl.O=C(Nc1nc(-c2cccc(F)c2)cs1)C1COCCN1. The van der Waals surface area contributed by atoms with Gasteiger partial charge in [0.25, 0.3) is 0 Å². The van der Waals surface area contributed by atoms with Crippen molar-refractivity contribution in [1.82, 2.24) is 10.3 Å². The Bertz CT molecular complexity index is 647. The van der Waals surface area contributed by atoms with Gasteiger partial charge in [-0.3, -0.25) is 4.79 Å². The van der Waals surface area contributed by atoms with Crippen LogP contribution in [0.15, 0.2) is 29.6 Å². The number of benzene rings is 1. The van der Waals surface area contributed by atoms with E-state index in [9.17, 15) is 9.18 Å². The molecule has 0 aliphatic carbocycles. The van der Waals surface area contributed by atoms with E-state index in [1.54, 1.807) is 17.5 Å². The molecule has 1 fully saturated rings. The van der Waals surface area contributed by atoms with E-state index in [1.807, 2.05) is 0 Å². The van der Waals surface area contributed by atoms with Crippen LogP contribution >= 0.6 is 23.7 Å². The first-order valence-corrected chi connectivity index (χ1v) is 7.44. The van der Waals surface area contributed by atoms with Crippen molar-refractivity contribution < 1.29 is 13.9 Å². The maximum Gasteiger partial charge on any atom is 0.245 e. The molecule has 1 saturated heterocycles. The zero-order valence-corrected chi connectivity index (χ0v) is 13.2. The molecular weight excluding hydrogens is 329 g/mol. The van der Waals surface area contributed by atoms with E-state index in [1.165, 1.54) is 23.5 Å². The first-order valence-electron chi connectivity index (χ1n) is 6.56. The summed E-state index contributed by atoms with van der Waals surface area (Å²) < 4.78 is 18.4. The monoisotopic (exact) mass is 343 g/mol. The molecule has 2 heterocycles. The number of halogens is 2. The van der Waals surface area contributed by atoms with Crippen LogP contribution in [0.2, 0.25) is 0 Å². The van der Waals surface area contributed by atoms with Crippen molar-refractivity contribution in [3.8, 4) is 11.3 Å². The molecular formula is C14H15ClFN3O2S. The summed E-state index contributed by atoms with van der Waals surface area (Å²) in [5, 5.41) is 8.10. The fourth-order valence-corrected chi connectivity index (χ4v) is 2.76. The minimum absolute atomic E-state index is 0. The van der Waals surface area contributed by atoms with Crippen molar-refractivity contribution in [3.63, 3.8) is 0 Å². The van der Waals surface area contributed by atoms with Crippen LogP contribution in [0.1, 0.15) is 0 Å². The molecule has 22 heavy (non-hydrogen) atoms. The summed E-state index contributed by atoms with van der Waals surface area (Å²) in [7, 11) is 0. The Hall–Kier alpha value is -1.54. The van der Waals surface area contributed by atoms with E-state index in [-0.39, 0.29) is 30.2 Å². The summed E-state index contributed by atoms with van der Waals surface area (Å²) in [5.41, 5.74) is 1.33. The highest BCUT2D eigenvalue weighted by atomic mass is 35.5. The largest absolute Gasteiger partial charge is 0.378 e. The van der Waals surface area contributed by atoms with Gasteiger partial charge < -0.3 is 15.4 Å². The molecule has 8 heteroatoms. The van der Waals surface area contributed by atoms with E-state index in [4.69, 9.17) is 4.74 Å². The number of carbonyl (C=O) groups excluding carboxylic acids is 1. The average Bonchev–Trinajstić information content (AvgIpc) is 2.97. The van der Waals surface area contributed by atoms with Crippen LogP contribution in [-0.2, 0) is 9.53 Å². The third-order valence-electron chi connectivity index (χ3n) is 3.09. The van der Waals surface area contributed by atoms with Gasteiger partial charge in [-0.15, -0.1) is 23.7 Å². The van der Waals surface area contributed by atoms with Gasteiger partial charge in [-0.2, -0.15) is 0 Å². The molecule has 2 N–H and O–H groups in total. The molecule has 3 rings (SSSR count). The summed E-state index contributed by atoms with van der Waals surface area (Å²) >= 11 is 1.31. The summed E-state index contributed by atoms with van der Waals surface area (Å²) in [5.74, 6) is -0.482. The number of nitrogens with zero attached hydrogens (tertiary/aromatic N) is 1. The molecule has 1 aliphatic rings. The Morgan fingerprint density at radius 2 is 2.36 bits per heavy atom. The molecule has 1 aromatic heterocycles. The zero-order valence-electron chi connectivity index (χ0n) is 11.5.